The summed E-state index contributed by atoms with van der Waals surface area (Å²) in [7, 11) is 0. The van der Waals surface area contributed by atoms with Crippen LogP contribution in [0.2, 0.25) is 0 Å². The van der Waals surface area contributed by atoms with Crippen molar-refractivity contribution in [2.24, 2.45) is 0 Å². The van der Waals surface area contributed by atoms with Gasteiger partial charge in [-0.2, -0.15) is 0 Å². The Balaban J connectivity index is 1.49. The number of esters is 1. The number of carbonyl (C=O) groups excluding carboxylic acids is 2. The summed E-state index contributed by atoms with van der Waals surface area (Å²) in [5.74, 6) is -0.492. The first-order valence-corrected chi connectivity index (χ1v) is 9.37. The van der Waals surface area contributed by atoms with Crippen LogP contribution >= 0.6 is 0 Å². The fourth-order valence-electron chi connectivity index (χ4n) is 3.33. The Hall–Kier alpha value is -2.82. The lowest BCUT2D eigenvalue weighted by Gasteiger charge is -2.37. The number of ether oxygens (including phenoxy) is 1. The van der Waals surface area contributed by atoms with Gasteiger partial charge in [-0.05, 0) is 37.1 Å². The molecule has 1 heterocycles. The highest BCUT2D eigenvalue weighted by molar-refractivity contribution is 5.84. The number of aryl methyl sites for hydroxylation is 1. The maximum Gasteiger partial charge on any atom is 0.311 e. The standard InChI is InChI=1S/C22H26N2O3/c1-17-8-6-7-9-19(17)16-21(25)27-18(2)22(26)24-14-12-23(13-15-24)20-10-4-3-5-11-20/h3-11,18H,12-16H2,1-2H3. The van der Waals surface area contributed by atoms with Gasteiger partial charge < -0.3 is 14.5 Å². The van der Waals surface area contributed by atoms with E-state index in [-0.39, 0.29) is 18.3 Å². The molecule has 0 aliphatic carbocycles. The van der Waals surface area contributed by atoms with Gasteiger partial charge in [-0.25, -0.2) is 0 Å². The minimum Gasteiger partial charge on any atom is -0.452 e. The quantitative estimate of drug-likeness (QED) is 0.764. The van der Waals surface area contributed by atoms with Crippen LogP contribution in [-0.4, -0.2) is 49.1 Å². The van der Waals surface area contributed by atoms with Crippen molar-refractivity contribution in [1.29, 1.82) is 0 Å². The van der Waals surface area contributed by atoms with Gasteiger partial charge >= 0.3 is 5.97 Å². The van der Waals surface area contributed by atoms with Crippen molar-refractivity contribution in [3.8, 4) is 0 Å². The number of amides is 1. The molecule has 5 heteroatoms. The summed E-state index contributed by atoms with van der Waals surface area (Å²) in [6, 6.07) is 17.9. The maximum atomic E-state index is 12.6. The molecule has 1 amide bonds. The molecule has 1 aliphatic heterocycles. The molecular formula is C22H26N2O3. The zero-order valence-corrected chi connectivity index (χ0v) is 15.9. The second kappa shape index (κ2) is 8.71. The van der Waals surface area contributed by atoms with Gasteiger partial charge in [-0.3, -0.25) is 9.59 Å². The highest BCUT2D eigenvalue weighted by Gasteiger charge is 2.27. The highest BCUT2D eigenvalue weighted by atomic mass is 16.5. The molecule has 5 nitrogen and oxygen atoms in total. The number of benzene rings is 2. The molecule has 1 fully saturated rings. The minimum absolute atomic E-state index is 0.124. The van der Waals surface area contributed by atoms with Gasteiger partial charge in [0.1, 0.15) is 0 Å². The van der Waals surface area contributed by atoms with Crippen LogP contribution in [0.5, 0.6) is 0 Å². The van der Waals surface area contributed by atoms with Gasteiger partial charge in [-0.15, -0.1) is 0 Å². The Kier molecular flexibility index (Phi) is 6.12. The average molecular weight is 366 g/mol. The SMILES string of the molecule is Cc1ccccc1CC(=O)OC(C)C(=O)N1CCN(c2ccccc2)CC1. The van der Waals surface area contributed by atoms with E-state index >= 15 is 0 Å². The van der Waals surface area contributed by atoms with Crippen LogP contribution in [0.1, 0.15) is 18.1 Å². The second-order valence-electron chi connectivity index (χ2n) is 6.88. The van der Waals surface area contributed by atoms with E-state index in [1.54, 1.807) is 11.8 Å². The predicted molar refractivity (Wildman–Crippen MR) is 106 cm³/mol. The van der Waals surface area contributed by atoms with E-state index in [1.165, 1.54) is 5.69 Å². The third kappa shape index (κ3) is 4.88. The van der Waals surface area contributed by atoms with Crippen LogP contribution < -0.4 is 4.90 Å². The zero-order valence-electron chi connectivity index (χ0n) is 15.9. The van der Waals surface area contributed by atoms with Crippen molar-refractivity contribution in [2.45, 2.75) is 26.4 Å². The Bertz CT molecular complexity index is 783. The van der Waals surface area contributed by atoms with Crippen LogP contribution in [0.25, 0.3) is 0 Å². The molecule has 0 radical (unpaired) electrons. The smallest absolute Gasteiger partial charge is 0.311 e. The van der Waals surface area contributed by atoms with E-state index in [0.29, 0.717) is 13.1 Å². The summed E-state index contributed by atoms with van der Waals surface area (Å²) in [6.45, 7) is 6.44. The maximum absolute atomic E-state index is 12.6. The van der Waals surface area contributed by atoms with Gasteiger partial charge in [0.2, 0.25) is 0 Å². The summed E-state index contributed by atoms with van der Waals surface area (Å²) in [5.41, 5.74) is 3.14. The molecule has 1 aliphatic rings. The van der Waals surface area contributed by atoms with Gasteiger partial charge in [0, 0.05) is 31.9 Å². The van der Waals surface area contributed by atoms with E-state index < -0.39 is 6.10 Å². The van der Waals surface area contributed by atoms with Crippen molar-refractivity contribution in [3.05, 3.63) is 65.7 Å². The molecule has 0 bridgehead atoms. The monoisotopic (exact) mass is 366 g/mol. The third-order valence-corrected chi connectivity index (χ3v) is 4.96. The molecule has 1 saturated heterocycles. The van der Waals surface area contributed by atoms with Crippen LogP contribution in [0.3, 0.4) is 0 Å². The van der Waals surface area contributed by atoms with E-state index in [4.69, 9.17) is 4.74 Å². The zero-order chi connectivity index (χ0) is 19.2. The first kappa shape index (κ1) is 19.0. The lowest BCUT2D eigenvalue weighted by molar-refractivity contribution is -0.158. The third-order valence-electron chi connectivity index (χ3n) is 4.96. The number of nitrogens with zero attached hydrogens (tertiary/aromatic N) is 2. The molecule has 0 aromatic heterocycles. The molecule has 3 rings (SSSR count). The Morgan fingerprint density at radius 2 is 1.59 bits per heavy atom. The summed E-state index contributed by atoms with van der Waals surface area (Å²) in [5, 5.41) is 0. The first-order valence-electron chi connectivity index (χ1n) is 9.37. The Morgan fingerprint density at radius 1 is 0.963 bits per heavy atom. The molecule has 1 unspecified atom stereocenters. The average Bonchev–Trinajstić information content (AvgIpc) is 2.70. The number of hydrogen-bond donors (Lipinski definition) is 0. The molecule has 1 atom stereocenters. The van der Waals surface area contributed by atoms with Gasteiger partial charge in [0.05, 0.1) is 6.42 Å². The van der Waals surface area contributed by atoms with E-state index in [2.05, 4.69) is 17.0 Å². The topological polar surface area (TPSA) is 49.9 Å². The summed E-state index contributed by atoms with van der Waals surface area (Å²) in [4.78, 5) is 28.9. The fourth-order valence-corrected chi connectivity index (χ4v) is 3.33. The van der Waals surface area contributed by atoms with Crippen molar-refractivity contribution >= 4 is 17.6 Å². The van der Waals surface area contributed by atoms with Crippen molar-refractivity contribution < 1.29 is 14.3 Å². The van der Waals surface area contributed by atoms with Gasteiger partial charge in [0.15, 0.2) is 6.10 Å². The van der Waals surface area contributed by atoms with Crippen LogP contribution in [0.15, 0.2) is 54.6 Å². The number of piperazine rings is 1. The lowest BCUT2D eigenvalue weighted by Crippen LogP contribution is -2.51. The summed E-state index contributed by atoms with van der Waals surface area (Å²) in [6.07, 6.45) is -0.573. The molecule has 142 valence electrons. The Morgan fingerprint density at radius 3 is 2.26 bits per heavy atom. The number of para-hydroxylation sites is 1. The van der Waals surface area contributed by atoms with E-state index in [0.717, 1.165) is 24.2 Å². The molecule has 0 saturated carbocycles. The van der Waals surface area contributed by atoms with Gasteiger partial charge in [-0.1, -0.05) is 42.5 Å². The fraction of sp³-hybridized carbons (Fsp3) is 0.364. The molecule has 2 aromatic carbocycles. The molecule has 2 aromatic rings. The minimum atomic E-state index is -0.759. The van der Waals surface area contributed by atoms with Crippen LogP contribution in [0, 0.1) is 6.92 Å². The summed E-state index contributed by atoms with van der Waals surface area (Å²) >= 11 is 0. The summed E-state index contributed by atoms with van der Waals surface area (Å²) < 4.78 is 5.39. The number of hydrogen-bond acceptors (Lipinski definition) is 4. The number of rotatable bonds is 5. The first-order chi connectivity index (χ1) is 13.0. The van der Waals surface area contributed by atoms with Crippen molar-refractivity contribution in [3.63, 3.8) is 0 Å². The normalized spacial score (nSPS) is 15.3. The molecule has 0 N–H and O–H groups in total. The largest absolute Gasteiger partial charge is 0.452 e. The van der Waals surface area contributed by atoms with Crippen molar-refractivity contribution in [1.82, 2.24) is 4.90 Å². The highest BCUT2D eigenvalue weighted by Crippen LogP contribution is 2.16. The Labute approximate surface area is 160 Å². The predicted octanol–water partition coefficient (Wildman–Crippen LogP) is 2.82. The van der Waals surface area contributed by atoms with E-state index in [9.17, 15) is 9.59 Å². The number of carbonyl (C=O) groups is 2. The molecule has 0 spiro atoms. The molecule has 27 heavy (non-hydrogen) atoms. The second-order valence-corrected chi connectivity index (χ2v) is 6.88. The van der Waals surface area contributed by atoms with Crippen LogP contribution in [0.4, 0.5) is 5.69 Å². The van der Waals surface area contributed by atoms with Crippen LogP contribution in [-0.2, 0) is 20.7 Å². The van der Waals surface area contributed by atoms with Crippen molar-refractivity contribution in [2.75, 3.05) is 31.1 Å². The molecular weight excluding hydrogens is 340 g/mol. The number of anilines is 1. The lowest BCUT2D eigenvalue weighted by atomic mass is 10.1. The van der Waals surface area contributed by atoms with Gasteiger partial charge in [0.25, 0.3) is 5.91 Å². The van der Waals surface area contributed by atoms with E-state index in [1.807, 2.05) is 49.4 Å².